The molecule has 1 aromatic heterocycles. The second kappa shape index (κ2) is 5.94. The van der Waals surface area contributed by atoms with Gasteiger partial charge in [-0.1, -0.05) is 18.2 Å². The average molecular weight is 320 g/mol. The molecular weight excluding hydrogens is 304 g/mol. The van der Waals surface area contributed by atoms with Crippen LogP contribution in [-0.4, -0.2) is 27.1 Å². The highest BCUT2D eigenvalue weighted by atomic mass is 32.2. The molecule has 116 valence electrons. The Labute approximate surface area is 129 Å². The van der Waals surface area contributed by atoms with E-state index in [4.69, 9.17) is 9.47 Å². The molecule has 6 nitrogen and oxygen atoms in total. The summed E-state index contributed by atoms with van der Waals surface area (Å²) in [6.45, 7) is 0.477. The van der Waals surface area contributed by atoms with Crippen LogP contribution >= 0.6 is 0 Å². The number of ether oxygens (including phenoxy) is 2. The number of pyridine rings is 1. The Bertz CT molecular complexity index is 759. The van der Waals surface area contributed by atoms with Crippen molar-refractivity contribution < 1.29 is 17.9 Å². The number of sulfonamides is 1. The molecule has 1 aromatic carbocycles. The van der Waals surface area contributed by atoms with Gasteiger partial charge in [0.2, 0.25) is 15.9 Å². The van der Waals surface area contributed by atoms with Gasteiger partial charge >= 0.3 is 0 Å². The number of fused-ring (bicyclic) bond motifs is 1. The molecule has 0 saturated carbocycles. The molecule has 0 aliphatic carbocycles. The van der Waals surface area contributed by atoms with Gasteiger partial charge < -0.3 is 9.47 Å². The maximum Gasteiger partial charge on any atom is 0.242 e. The monoisotopic (exact) mass is 320 g/mol. The number of hydrogen-bond acceptors (Lipinski definition) is 5. The fraction of sp³-hybridized carbons (Fsp3) is 0.267. The Kier molecular flexibility index (Phi) is 4.00. The first kappa shape index (κ1) is 14.8. The minimum atomic E-state index is -3.65. The van der Waals surface area contributed by atoms with Crippen LogP contribution < -0.4 is 14.2 Å². The molecule has 22 heavy (non-hydrogen) atoms. The van der Waals surface area contributed by atoms with Crippen molar-refractivity contribution in [2.45, 2.75) is 17.4 Å². The quantitative estimate of drug-likeness (QED) is 0.931. The molecule has 3 rings (SSSR count). The minimum Gasteiger partial charge on any atom is -0.493 e. The molecule has 1 aliphatic rings. The summed E-state index contributed by atoms with van der Waals surface area (Å²) in [7, 11) is -2.17. The maximum atomic E-state index is 12.5. The van der Waals surface area contributed by atoms with E-state index in [-0.39, 0.29) is 10.9 Å². The van der Waals surface area contributed by atoms with Crippen LogP contribution in [0.15, 0.2) is 47.5 Å². The molecule has 7 heteroatoms. The Morgan fingerprint density at radius 3 is 2.82 bits per heavy atom. The van der Waals surface area contributed by atoms with Gasteiger partial charge in [-0.05, 0) is 12.1 Å². The van der Waals surface area contributed by atoms with E-state index in [9.17, 15) is 8.42 Å². The molecular formula is C15H16N2O4S. The second-order valence-corrected chi connectivity index (χ2v) is 6.60. The van der Waals surface area contributed by atoms with Crippen LogP contribution in [0.25, 0.3) is 0 Å². The Morgan fingerprint density at radius 1 is 1.27 bits per heavy atom. The van der Waals surface area contributed by atoms with Gasteiger partial charge in [0, 0.05) is 18.1 Å². The van der Waals surface area contributed by atoms with Crippen LogP contribution in [0, 0.1) is 0 Å². The Morgan fingerprint density at radius 2 is 2.09 bits per heavy atom. The molecule has 0 saturated heterocycles. The third kappa shape index (κ3) is 2.90. The Hall–Kier alpha value is -2.12. The summed E-state index contributed by atoms with van der Waals surface area (Å²) in [5.41, 5.74) is 0.846. The first-order chi connectivity index (χ1) is 10.6. The van der Waals surface area contributed by atoms with Crippen molar-refractivity contribution in [3.63, 3.8) is 0 Å². The lowest BCUT2D eigenvalue weighted by Crippen LogP contribution is -2.32. The maximum absolute atomic E-state index is 12.5. The topological polar surface area (TPSA) is 77.5 Å². The summed E-state index contributed by atoms with van der Waals surface area (Å²) >= 11 is 0. The zero-order valence-electron chi connectivity index (χ0n) is 12.0. The summed E-state index contributed by atoms with van der Waals surface area (Å²) in [5.74, 6) is 1.09. The normalized spacial score (nSPS) is 17.4. The third-order valence-electron chi connectivity index (χ3n) is 3.48. The van der Waals surface area contributed by atoms with E-state index in [1.165, 1.54) is 25.4 Å². The van der Waals surface area contributed by atoms with E-state index < -0.39 is 10.0 Å². The summed E-state index contributed by atoms with van der Waals surface area (Å²) in [5, 5.41) is 0. The number of methoxy groups -OCH3 is 1. The standard InChI is InChI=1S/C15H16N2O4S/c1-20-15-7-6-11(10-16-15)22(18,19)17-13-8-9-21-14-5-3-2-4-12(13)14/h2-7,10,13,17H,8-9H2,1H3/t13-/m1/s1. The van der Waals surface area contributed by atoms with Crippen molar-refractivity contribution in [2.75, 3.05) is 13.7 Å². The molecule has 1 N–H and O–H groups in total. The number of aromatic nitrogens is 1. The number of nitrogens with one attached hydrogen (secondary N) is 1. The number of nitrogens with zero attached hydrogens (tertiary/aromatic N) is 1. The van der Waals surface area contributed by atoms with Crippen LogP contribution in [0.4, 0.5) is 0 Å². The SMILES string of the molecule is COc1ccc(S(=O)(=O)N[C@@H]2CCOc3ccccc32)cn1. The van der Waals surface area contributed by atoms with Gasteiger partial charge in [0.25, 0.3) is 0 Å². The number of hydrogen-bond donors (Lipinski definition) is 1. The first-order valence-electron chi connectivity index (χ1n) is 6.84. The van der Waals surface area contributed by atoms with Crippen molar-refractivity contribution in [1.29, 1.82) is 0 Å². The highest BCUT2D eigenvalue weighted by Crippen LogP contribution is 2.32. The molecule has 2 heterocycles. The molecule has 0 fully saturated rings. The van der Waals surface area contributed by atoms with Gasteiger partial charge in [0.1, 0.15) is 10.6 Å². The van der Waals surface area contributed by atoms with Gasteiger partial charge in [-0.2, -0.15) is 0 Å². The molecule has 0 unspecified atom stereocenters. The predicted octanol–water partition coefficient (Wildman–Crippen LogP) is 1.89. The van der Waals surface area contributed by atoms with Crippen molar-refractivity contribution >= 4 is 10.0 Å². The van der Waals surface area contributed by atoms with Crippen LogP contribution in [-0.2, 0) is 10.0 Å². The summed E-state index contributed by atoms with van der Waals surface area (Å²) < 4.78 is 38.1. The fourth-order valence-corrected chi connectivity index (χ4v) is 3.56. The lowest BCUT2D eigenvalue weighted by molar-refractivity contribution is 0.263. The highest BCUT2D eigenvalue weighted by molar-refractivity contribution is 7.89. The van der Waals surface area contributed by atoms with Crippen LogP contribution in [0.3, 0.4) is 0 Å². The smallest absolute Gasteiger partial charge is 0.242 e. The highest BCUT2D eigenvalue weighted by Gasteiger charge is 2.26. The zero-order valence-corrected chi connectivity index (χ0v) is 12.8. The van der Waals surface area contributed by atoms with Gasteiger partial charge in [-0.3, -0.25) is 0 Å². The number of para-hydroxylation sites is 1. The van der Waals surface area contributed by atoms with Gasteiger partial charge in [0.05, 0.1) is 26.0 Å². The summed E-state index contributed by atoms with van der Waals surface area (Å²) in [4.78, 5) is 4.04. The molecule has 0 radical (unpaired) electrons. The predicted molar refractivity (Wildman–Crippen MR) is 80.4 cm³/mol. The van der Waals surface area contributed by atoms with Crippen molar-refractivity contribution in [2.24, 2.45) is 0 Å². The minimum absolute atomic E-state index is 0.109. The van der Waals surface area contributed by atoms with E-state index in [1.807, 2.05) is 24.3 Å². The van der Waals surface area contributed by atoms with Gasteiger partial charge in [-0.25, -0.2) is 18.1 Å². The molecule has 1 atom stereocenters. The second-order valence-electron chi connectivity index (χ2n) is 4.89. The summed E-state index contributed by atoms with van der Waals surface area (Å²) in [6.07, 6.45) is 1.87. The molecule has 0 spiro atoms. The Balaban J connectivity index is 1.86. The number of benzene rings is 1. The third-order valence-corrected chi connectivity index (χ3v) is 4.94. The molecule has 1 aliphatic heterocycles. The average Bonchev–Trinajstić information content (AvgIpc) is 2.55. The van der Waals surface area contributed by atoms with Crippen LogP contribution in [0.5, 0.6) is 11.6 Å². The lowest BCUT2D eigenvalue weighted by Gasteiger charge is -2.26. The van der Waals surface area contributed by atoms with Crippen molar-refractivity contribution in [3.8, 4) is 11.6 Å². The molecule has 0 bridgehead atoms. The first-order valence-corrected chi connectivity index (χ1v) is 8.32. The van der Waals surface area contributed by atoms with Crippen molar-refractivity contribution in [1.82, 2.24) is 9.71 Å². The van der Waals surface area contributed by atoms with Gasteiger partial charge in [0.15, 0.2) is 0 Å². The zero-order chi connectivity index (χ0) is 15.6. The lowest BCUT2D eigenvalue weighted by atomic mass is 10.0. The van der Waals surface area contributed by atoms with Crippen molar-refractivity contribution in [3.05, 3.63) is 48.2 Å². The summed E-state index contributed by atoms with van der Waals surface area (Å²) in [6, 6.07) is 10.1. The van der Waals surface area contributed by atoms with Crippen LogP contribution in [0.2, 0.25) is 0 Å². The molecule has 0 amide bonds. The fourth-order valence-electron chi connectivity index (χ4n) is 2.37. The van der Waals surface area contributed by atoms with E-state index in [1.54, 1.807) is 0 Å². The van der Waals surface area contributed by atoms with Gasteiger partial charge in [-0.15, -0.1) is 0 Å². The van der Waals surface area contributed by atoms with E-state index in [0.29, 0.717) is 24.7 Å². The number of rotatable bonds is 4. The van der Waals surface area contributed by atoms with E-state index in [2.05, 4.69) is 9.71 Å². The van der Waals surface area contributed by atoms with E-state index in [0.717, 1.165) is 5.56 Å². The van der Waals surface area contributed by atoms with E-state index >= 15 is 0 Å². The largest absolute Gasteiger partial charge is 0.493 e. The molecule has 2 aromatic rings. The van der Waals surface area contributed by atoms with Crippen LogP contribution in [0.1, 0.15) is 18.0 Å².